The Morgan fingerprint density at radius 3 is 2.61 bits per heavy atom. The molecule has 0 bridgehead atoms. The van der Waals surface area contributed by atoms with Crippen LogP contribution in [0.1, 0.15) is 18.9 Å². The van der Waals surface area contributed by atoms with Crippen molar-refractivity contribution in [3.8, 4) is 0 Å². The highest BCUT2D eigenvalue weighted by molar-refractivity contribution is 5.79. The largest absolute Gasteiger partial charge is 0.356 e. The number of hydrogen-bond donors (Lipinski definition) is 2. The number of hydrogen-bond acceptors (Lipinski definition) is 1. The molecule has 3 nitrogen and oxygen atoms in total. The van der Waals surface area contributed by atoms with E-state index in [2.05, 4.69) is 21.7 Å². The van der Waals surface area contributed by atoms with Crippen molar-refractivity contribution in [1.82, 2.24) is 10.6 Å². The van der Waals surface area contributed by atoms with Crippen molar-refractivity contribution >= 4 is 5.96 Å². The van der Waals surface area contributed by atoms with E-state index >= 15 is 0 Å². The first-order valence-corrected chi connectivity index (χ1v) is 6.06. The quantitative estimate of drug-likeness (QED) is 0.364. The molecule has 1 aromatic rings. The average molecular weight is 249 g/mol. The summed E-state index contributed by atoms with van der Waals surface area (Å²) in [5, 5.41) is 6.37. The second-order valence-electron chi connectivity index (χ2n) is 3.84. The Labute approximate surface area is 108 Å². The van der Waals surface area contributed by atoms with Crippen molar-refractivity contribution < 1.29 is 4.39 Å². The van der Waals surface area contributed by atoms with Crippen LogP contribution in [0.5, 0.6) is 0 Å². The molecule has 0 heterocycles. The molecule has 0 spiro atoms. The number of halogens is 1. The monoisotopic (exact) mass is 249 g/mol. The molecule has 0 amide bonds. The molecule has 0 aliphatic carbocycles. The summed E-state index contributed by atoms with van der Waals surface area (Å²) in [7, 11) is 1.73. The Bertz CT molecular complexity index is 396. The molecule has 0 aliphatic rings. The molecule has 0 atom stereocenters. The number of guanidine groups is 1. The van der Waals surface area contributed by atoms with Crippen molar-refractivity contribution in [2.45, 2.75) is 19.9 Å². The van der Waals surface area contributed by atoms with Crippen LogP contribution in [-0.2, 0) is 6.54 Å². The molecular weight excluding hydrogens is 229 g/mol. The van der Waals surface area contributed by atoms with Crippen molar-refractivity contribution in [2.75, 3.05) is 13.6 Å². The molecule has 0 saturated heterocycles. The van der Waals surface area contributed by atoms with Crippen LogP contribution in [0.3, 0.4) is 0 Å². The normalized spacial score (nSPS) is 11.8. The first-order chi connectivity index (χ1) is 8.76. The van der Waals surface area contributed by atoms with Gasteiger partial charge < -0.3 is 10.6 Å². The number of aliphatic imine (C=N–C) groups is 1. The lowest BCUT2D eigenvalue weighted by molar-refractivity contribution is 0.626. The zero-order valence-electron chi connectivity index (χ0n) is 10.9. The molecule has 1 aromatic carbocycles. The highest BCUT2D eigenvalue weighted by atomic mass is 19.1. The highest BCUT2D eigenvalue weighted by Gasteiger charge is 1.97. The fourth-order valence-corrected chi connectivity index (χ4v) is 1.45. The predicted molar refractivity (Wildman–Crippen MR) is 74.0 cm³/mol. The summed E-state index contributed by atoms with van der Waals surface area (Å²) in [6.07, 6.45) is 5.09. The molecule has 18 heavy (non-hydrogen) atoms. The summed E-state index contributed by atoms with van der Waals surface area (Å²) < 4.78 is 12.7. The van der Waals surface area contributed by atoms with Crippen molar-refractivity contribution in [3.63, 3.8) is 0 Å². The minimum Gasteiger partial charge on any atom is -0.356 e. The van der Waals surface area contributed by atoms with Gasteiger partial charge in [-0.25, -0.2) is 4.39 Å². The van der Waals surface area contributed by atoms with E-state index in [4.69, 9.17) is 0 Å². The SMILES string of the molecule is CC=CCCNC(=NC)NCc1ccc(F)cc1. The van der Waals surface area contributed by atoms with Gasteiger partial charge in [-0.2, -0.15) is 0 Å². The van der Waals surface area contributed by atoms with Gasteiger partial charge in [0, 0.05) is 20.1 Å². The van der Waals surface area contributed by atoms with Crippen LogP contribution in [0.15, 0.2) is 41.4 Å². The number of allylic oxidation sites excluding steroid dienone is 1. The minimum absolute atomic E-state index is 0.215. The van der Waals surface area contributed by atoms with Gasteiger partial charge in [-0.05, 0) is 31.0 Å². The van der Waals surface area contributed by atoms with Gasteiger partial charge >= 0.3 is 0 Å². The number of benzene rings is 1. The fourth-order valence-electron chi connectivity index (χ4n) is 1.45. The standard InChI is InChI=1S/C14H20FN3/c1-3-4-5-10-17-14(16-2)18-11-12-6-8-13(15)9-7-12/h3-4,6-9H,5,10-11H2,1-2H3,(H2,16,17,18). The number of rotatable bonds is 5. The van der Waals surface area contributed by atoms with E-state index in [0.717, 1.165) is 24.5 Å². The minimum atomic E-state index is -0.215. The van der Waals surface area contributed by atoms with E-state index in [0.29, 0.717) is 6.54 Å². The van der Waals surface area contributed by atoms with Gasteiger partial charge in [0.15, 0.2) is 5.96 Å². The summed E-state index contributed by atoms with van der Waals surface area (Å²) in [5.74, 6) is 0.538. The maximum atomic E-state index is 12.7. The summed E-state index contributed by atoms with van der Waals surface area (Å²) in [6, 6.07) is 6.43. The topological polar surface area (TPSA) is 36.4 Å². The Balaban J connectivity index is 2.33. The van der Waals surface area contributed by atoms with Crippen LogP contribution in [0.4, 0.5) is 4.39 Å². The first kappa shape index (κ1) is 14.2. The van der Waals surface area contributed by atoms with Crippen LogP contribution < -0.4 is 10.6 Å². The molecule has 0 aromatic heterocycles. The molecule has 2 N–H and O–H groups in total. The van der Waals surface area contributed by atoms with E-state index in [1.807, 2.05) is 13.0 Å². The third-order valence-corrected chi connectivity index (χ3v) is 2.44. The smallest absolute Gasteiger partial charge is 0.191 e. The lowest BCUT2D eigenvalue weighted by atomic mass is 10.2. The van der Waals surface area contributed by atoms with Crippen LogP contribution in [0.25, 0.3) is 0 Å². The van der Waals surface area contributed by atoms with Gasteiger partial charge in [-0.15, -0.1) is 0 Å². The summed E-state index contributed by atoms with van der Waals surface area (Å²) >= 11 is 0. The molecule has 0 fully saturated rings. The molecule has 0 saturated carbocycles. The second-order valence-corrected chi connectivity index (χ2v) is 3.84. The molecule has 98 valence electrons. The van der Waals surface area contributed by atoms with Gasteiger partial charge in [0.05, 0.1) is 0 Å². The Morgan fingerprint density at radius 2 is 2.00 bits per heavy atom. The Morgan fingerprint density at radius 1 is 1.28 bits per heavy atom. The maximum Gasteiger partial charge on any atom is 0.191 e. The summed E-state index contributed by atoms with van der Waals surface area (Å²) in [5.41, 5.74) is 1.02. The molecule has 4 heteroatoms. The summed E-state index contributed by atoms with van der Waals surface area (Å²) in [4.78, 5) is 4.11. The molecular formula is C14H20FN3. The lowest BCUT2D eigenvalue weighted by Crippen LogP contribution is -2.37. The lowest BCUT2D eigenvalue weighted by Gasteiger charge is -2.11. The van der Waals surface area contributed by atoms with E-state index < -0.39 is 0 Å². The van der Waals surface area contributed by atoms with E-state index in [1.54, 1.807) is 19.2 Å². The van der Waals surface area contributed by atoms with Crippen molar-refractivity contribution in [2.24, 2.45) is 4.99 Å². The first-order valence-electron chi connectivity index (χ1n) is 6.06. The predicted octanol–water partition coefficient (Wildman–Crippen LogP) is 2.46. The van der Waals surface area contributed by atoms with E-state index in [-0.39, 0.29) is 5.82 Å². The van der Waals surface area contributed by atoms with Crippen molar-refractivity contribution in [3.05, 3.63) is 47.8 Å². The van der Waals surface area contributed by atoms with Gasteiger partial charge in [0.2, 0.25) is 0 Å². The van der Waals surface area contributed by atoms with Gasteiger partial charge in [0.1, 0.15) is 5.82 Å². The third-order valence-electron chi connectivity index (χ3n) is 2.44. The van der Waals surface area contributed by atoms with E-state index in [1.165, 1.54) is 12.1 Å². The van der Waals surface area contributed by atoms with Crippen molar-refractivity contribution in [1.29, 1.82) is 0 Å². The fraction of sp³-hybridized carbons (Fsp3) is 0.357. The Kier molecular flexibility index (Phi) is 6.54. The number of nitrogens with zero attached hydrogens (tertiary/aromatic N) is 1. The van der Waals surface area contributed by atoms with Gasteiger partial charge in [-0.1, -0.05) is 24.3 Å². The average Bonchev–Trinajstić information content (AvgIpc) is 2.40. The summed E-state index contributed by atoms with van der Waals surface area (Å²) in [6.45, 7) is 3.47. The highest BCUT2D eigenvalue weighted by Crippen LogP contribution is 2.01. The zero-order valence-corrected chi connectivity index (χ0v) is 10.9. The van der Waals surface area contributed by atoms with Gasteiger partial charge in [-0.3, -0.25) is 4.99 Å². The molecule has 0 aliphatic heterocycles. The number of nitrogens with one attached hydrogen (secondary N) is 2. The zero-order chi connectivity index (χ0) is 13.2. The maximum absolute atomic E-state index is 12.7. The van der Waals surface area contributed by atoms with Gasteiger partial charge in [0.25, 0.3) is 0 Å². The van der Waals surface area contributed by atoms with Crippen LogP contribution in [0, 0.1) is 5.82 Å². The second kappa shape index (κ2) is 8.28. The Hall–Kier alpha value is -1.84. The van der Waals surface area contributed by atoms with E-state index in [9.17, 15) is 4.39 Å². The third kappa shape index (κ3) is 5.48. The van der Waals surface area contributed by atoms with Crippen LogP contribution >= 0.6 is 0 Å². The van der Waals surface area contributed by atoms with Crippen LogP contribution in [-0.4, -0.2) is 19.6 Å². The molecule has 1 rings (SSSR count). The molecule has 0 unspecified atom stereocenters. The molecule has 0 radical (unpaired) electrons. The van der Waals surface area contributed by atoms with Crippen LogP contribution in [0.2, 0.25) is 0 Å².